The standard InChI is InChI=1S/C13H18F2O3/c1-3-16-13(17-4-2)7-8-18-12-9-10(14)5-6-11(12)15/h5-6,9,13H,3-4,7-8H2,1-2H3. The predicted octanol–water partition coefficient (Wildman–Crippen LogP) is 3.13. The van der Waals surface area contributed by atoms with Crippen molar-refractivity contribution in [2.24, 2.45) is 0 Å². The fourth-order valence-electron chi connectivity index (χ4n) is 1.44. The van der Waals surface area contributed by atoms with Gasteiger partial charge in [-0.15, -0.1) is 0 Å². The summed E-state index contributed by atoms with van der Waals surface area (Å²) in [7, 11) is 0. The Kier molecular flexibility index (Phi) is 6.60. The summed E-state index contributed by atoms with van der Waals surface area (Å²) >= 11 is 0. The highest BCUT2D eigenvalue weighted by molar-refractivity contribution is 5.24. The zero-order valence-corrected chi connectivity index (χ0v) is 10.6. The molecule has 0 aliphatic rings. The molecule has 0 unspecified atom stereocenters. The highest BCUT2D eigenvalue weighted by Crippen LogP contribution is 2.18. The van der Waals surface area contributed by atoms with Gasteiger partial charge < -0.3 is 14.2 Å². The second kappa shape index (κ2) is 8.00. The summed E-state index contributed by atoms with van der Waals surface area (Å²) in [5.41, 5.74) is 0. The third-order valence-corrected chi connectivity index (χ3v) is 2.21. The van der Waals surface area contributed by atoms with Gasteiger partial charge in [-0.3, -0.25) is 0 Å². The Hall–Kier alpha value is -1.20. The summed E-state index contributed by atoms with van der Waals surface area (Å²) in [6.45, 7) is 4.97. The van der Waals surface area contributed by atoms with Crippen LogP contribution >= 0.6 is 0 Å². The van der Waals surface area contributed by atoms with Gasteiger partial charge in [0.15, 0.2) is 17.9 Å². The van der Waals surface area contributed by atoms with E-state index in [1.54, 1.807) is 0 Å². The van der Waals surface area contributed by atoms with Crippen LogP contribution in [-0.2, 0) is 9.47 Å². The molecule has 18 heavy (non-hydrogen) atoms. The first-order valence-corrected chi connectivity index (χ1v) is 5.98. The Balaban J connectivity index is 2.41. The number of ether oxygens (including phenoxy) is 3. The molecule has 0 amide bonds. The normalized spacial score (nSPS) is 10.9. The van der Waals surface area contributed by atoms with Gasteiger partial charge in [-0.2, -0.15) is 0 Å². The van der Waals surface area contributed by atoms with E-state index in [1.807, 2.05) is 13.8 Å². The predicted molar refractivity (Wildman–Crippen MR) is 63.5 cm³/mol. The quantitative estimate of drug-likeness (QED) is 0.672. The Morgan fingerprint density at radius 3 is 2.39 bits per heavy atom. The van der Waals surface area contributed by atoms with Crippen molar-refractivity contribution in [3.63, 3.8) is 0 Å². The molecular formula is C13H18F2O3. The second-order valence-electron chi connectivity index (χ2n) is 3.55. The molecule has 0 heterocycles. The third kappa shape index (κ3) is 4.98. The van der Waals surface area contributed by atoms with E-state index in [4.69, 9.17) is 14.2 Å². The van der Waals surface area contributed by atoms with Crippen LogP contribution in [0.3, 0.4) is 0 Å². The van der Waals surface area contributed by atoms with Crippen LogP contribution in [0.4, 0.5) is 8.78 Å². The molecule has 1 rings (SSSR count). The Bertz CT molecular complexity index is 352. The molecule has 0 spiro atoms. The maximum Gasteiger partial charge on any atom is 0.165 e. The molecular weight excluding hydrogens is 242 g/mol. The SMILES string of the molecule is CCOC(CCOc1cc(F)ccc1F)OCC. The Labute approximate surface area is 106 Å². The molecule has 3 nitrogen and oxygen atoms in total. The molecule has 0 fully saturated rings. The number of hydrogen-bond donors (Lipinski definition) is 0. The van der Waals surface area contributed by atoms with Crippen LogP contribution in [0.15, 0.2) is 18.2 Å². The first-order valence-electron chi connectivity index (χ1n) is 5.98. The molecule has 0 aliphatic carbocycles. The van der Waals surface area contributed by atoms with E-state index in [1.165, 1.54) is 0 Å². The summed E-state index contributed by atoms with van der Waals surface area (Å²) in [5, 5.41) is 0. The van der Waals surface area contributed by atoms with Crippen molar-refractivity contribution in [1.82, 2.24) is 0 Å². The van der Waals surface area contributed by atoms with Crippen molar-refractivity contribution >= 4 is 0 Å². The topological polar surface area (TPSA) is 27.7 Å². The minimum atomic E-state index is -0.583. The lowest BCUT2D eigenvalue weighted by Crippen LogP contribution is -2.20. The van der Waals surface area contributed by atoms with Crippen LogP contribution in [0.2, 0.25) is 0 Å². The van der Waals surface area contributed by atoms with Crippen LogP contribution < -0.4 is 4.74 Å². The molecule has 1 aromatic carbocycles. The van der Waals surface area contributed by atoms with E-state index in [2.05, 4.69) is 0 Å². The molecule has 0 N–H and O–H groups in total. The minimum absolute atomic E-state index is 0.0956. The monoisotopic (exact) mass is 260 g/mol. The molecule has 102 valence electrons. The third-order valence-electron chi connectivity index (χ3n) is 2.21. The lowest BCUT2D eigenvalue weighted by Gasteiger charge is -2.17. The highest BCUT2D eigenvalue weighted by Gasteiger charge is 2.10. The Morgan fingerprint density at radius 1 is 1.11 bits per heavy atom. The van der Waals surface area contributed by atoms with Crippen molar-refractivity contribution in [1.29, 1.82) is 0 Å². The summed E-state index contributed by atoms with van der Waals surface area (Å²) in [4.78, 5) is 0. The minimum Gasteiger partial charge on any atom is -0.490 e. The fourth-order valence-corrected chi connectivity index (χ4v) is 1.44. The summed E-state index contributed by atoms with van der Waals surface area (Å²) in [6.07, 6.45) is 0.0779. The lowest BCUT2D eigenvalue weighted by atomic mass is 10.3. The zero-order chi connectivity index (χ0) is 13.4. The molecule has 0 aromatic heterocycles. The van der Waals surface area contributed by atoms with Crippen molar-refractivity contribution in [2.45, 2.75) is 26.6 Å². The largest absolute Gasteiger partial charge is 0.490 e. The smallest absolute Gasteiger partial charge is 0.165 e. The van der Waals surface area contributed by atoms with Crippen molar-refractivity contribution in [3.8, 4) is 5.75 Å². The molecule has 0 atom stereocenters. The lowest BCUT2D eigenvalue weighted by molar-refractivity contribution is -0.142. The molecule has 0 saturated carbocycles. The van der Waals surface area contributed by atoms with Crippen molar-refractivity contribution in [2.75, 3.05) is 19.8 Å². The van der Waals surface area contributed by atoms with Gasteiger partial charge in [0, 0.05) is 25.7 Å². The van der Waals surface area contributed by atoms with E-state index in [0.29, 0.717) is 19.6 Å². The average Bonchev–Trinajstić information content (AvgIpc) is 2.34. The molecule has 0 saturated heterocycles. The number of hydrogen-bond acceptors (Lipinski definition) is 3. The van der Waals surface area contributed by atoms with Gasteiger partial charge in [0.2, 0.25) is 0 Å². The molecule has 0 aliphatic heterocycles. The average molecular weight is 260 g/mol. The first kappa shape index (κ1) is 14.9. The summed E-state index contributed by atoms with van der Waals surface area (Å²) in [5.74, 6) is -1.21. The number of benzene rings is 1. The van der Waals surface area contributed by atoms with E-state index in [-0.39, 0.29) is 18.6 Å². The van der Waals surface area contributed by atoms with Crippen LogP contribution in [0.5, 0.6) is 5.75 Å². The zero-order valence-electron chi connectivity index (χ0n) is 10.6. The highest BCUT2D eigenvalue weighted by atomic mass is 19.1. The van der Waals surface area contributed by atoms with Gasteiger partial charge in [-0.05, 0) is 26.0 Å². The number of halogens is 2. The maximum atomic E-state index is 13.2. The molecule has 0 radical (unpaired) electrons. The van der Waals surface area contributed by atoms with Gasteiger partial charge in [-0.1, -0.05) is 0 Å². The van der Waals surface area contributed by atoms with Crippen LogP contribution in [0.1, 0.15) is 20.3 Å². The van der Waals surface area contributed by atoms with Gasteiger partial charge in [-0.25, -0.2) is 8.78 Å². The van der Waals surface area contributed by atoms with Crippen molar-refractivity contribution in [3.05, 3.63) is 29.8 Å². The first-order chi connectivity index (χ1) is 8.67. The maximum absolute atomic E-state index is 13.2. The van der Waals surface area contributed by atoms with Gasteiger partial charge in [0.1, 0.15) is 5.82 Å². The summed E-state index contributed by atoms with van der Waals surface area (Å²) in [6, 6.07) is 3.10. The van der Waals surface area contributed by atoms with E-state index < -0.39 is 11.6 Å². The van der Waals surface area contributed by atoms with Gasteiger partial charge in [0.05, 0.1) is 6.61 Å². The van der Waals surface area contributed by atoms with E-state index in [0.717, 1.165) is 18.2 Å². The van der Waals surface area contributed by atoms with Gasteiger partial charge in [0.25, 0.3) is 0 Å². The van der Waals surface area contributed by atoms with Crippen LogP contribution in [0.25, 0.3) is 0 Å². The van der Waals surface area contributed by atoms with E-state index in [9.17, 15) is 8.78 Å². The molecule has 5 heteroatoms. The van der Waals surface area contributed by atoms with E-state index >= 15 is 0 Å². The number of rotatable bonds is 8. The van der Waals surface area contributed by atoms with Crippen LogP contribution in [-0.4, -0.2) is 26.1 Å². The fraction of sp³-hybridized carbons (Fsp3) is 0.538. The van der Waals surface area contributed by atoms with Crippen molar-refractivity contribution < 1.29 is 23.0 Å². The molecule has 1 aromatic rings. The second-order valence-corrected chi connectivity index (χ2v) is 3.55. The molecule has 0 bridgehead atoms. The summed E-state index contributed by atoms with van der Waals surface area (Å²) < 4.78 is 41.9. The van der Waals surface area contributed by atoms with Crippen LogP contribution in [0, 0.1) is 11.6 Å². The van der Waals surface area contributed by atoms with Gasteiger partial charge >= 0.3 is 0 Å². The Morgan fingerprint density at radius 2 is 1.78 bits per heavy atom.